The predicted octanol–water partition coefficient (Wildman–Crippen LogP) is 15.3. The maximum atomic E-state index is 12.7. The number of carbonyl (C=O) groups is 3. The number of esters is 3. The second-order valence-electron chi connectivity index (χ2n) is 15.7. The zero-order valence-electron chi connectivity index (χ0n) is 37.3. The van der Waals surface area contributed by atoms with E-state index in [-0.39, 0.29) is 37.5 Å². The van der Waals surface area contributed by atoms with Gasteiger partial charge in [0.2, 0.25) is 0 Å². The lowest BCUT2D eigenvalue weighted by atomic mass is 10.0. The van der Waals surface area contributed by atoms with Crippen molar-refractivity contribution in [2.45, 2.75) is 232 Å². The summed E-state index contributed by atoms with van der Waals surface area (Å²) in [6.07, 6.45) is 55.0. The van der Waals surface area contributed by atoms with Gasteiger partial charge in [0.05, 0.1) is 0 Å². The fraction of sp³-hybridized carbons (Fsp3) is 0.745. The summed E-state index contributed by atoms with van der Waals surface area (Å²) in [6, 6.07) is 0. The van der Waals surface area contributed by atoms with Gasteiger partial charge in [0.25, 0.3) is 0 Å². The topological polar surface area (TPSA) is 78.9 Å². The summed E-state index contributed by atoms with van der Waals surface area (Å²) in [5, 5.41) is 0. The Kier molecular flexibility index (Phi) is 43.5. The molecule has 0 amide bonds. The molecular formula is C51H88O6. The average molecular weight is 797 g/mol. The highest BCUT2D eigenvalue weighted by Gasteiger charge is 2.19. The fourth-order valence-corrected chi connectivity index (χ4v) is 6.49. The van der Waals surface area contributed by atoms with Gasteiger partial charge in [-0.2, -0.15) is 0 Å². The van der Waals surface area contributed by atoms with Crippen molar-refractivity contribution in [2.24, 2.45) is 0 Å². The van der Waals surface area contributed by atoms with Crippen molar-refractivity contribution < 1.29 is 28.6 Å². The normalized spacial score (nSPS) is 12.5. The third-order valence-electron chi connectivity index (χ3n) is 10.1. The van der Waals surface area contributed by atoms with Crippen LogP contribution in [-0.2, 0) is 28.6 Å². The number of unbranched alkanes of at least 4 members (excludes halogenated alkanes) is 23. The monoisotopic (exact) mass is 797 g/mol. The summed E-state index contributed by atoms with van der Waals surface area (Å²) in [7, 11) is 0. The summed E-state index contributed by atoms with van der Waals surface area (Å²) >= 11 is 0. The van der Waals surface area contributed by atoms with Gasteiger partial charge in [-0.05, 0) is 57.8 Å². The smallest absolute Gasteiger partial charge is 0.306 e. The molecule has 0 aliphatic rings. The molecule has 0 bridgehead atoms. The van der Waals surface area contributed by atoms with Gasteiger partial charge in [0, 0.05) is 19.3 Å². The molecule has 0 aliphatic heterocycles. The van der Waals surface area contributed by atoms with Crippen LogP contribution in [-0.4, -0.2) is 37.2 Å². The molecule has 57 heavy (non-hydrogen) atoms. The zero-order valence-corrected chi connectivity index (χ0v) is 37.3. The van der Waals surface area contributed by atoms with Crippen molar-refractivity contribution in [2.75, 3.05) is 13.2 Å². The Labute approximate surface area is 351 Å². The highest BCUT2D eigenvalue weighted by atomic mass is 16.6. The molecule has 6 heteroatoms. The van der Waals surface area contributed by atoms with Crippen LogP contribution in [0.25, 0.3) is 0 Å². The number of ether oxygens (including phenoxy) is 3. The molecule has 0 radical (unpaired) electrons. The first kappa shape index (κ1) is 54.1. The van der Waals surface area contributed by atoms with Crippen molar-refractivity contribution in [3.8, 4) is 0 Å². The minimum Gasteiger partial charge on any atom is -0.462 e. The molecule has 0 aromatic heterocycles. The minimum atomic E-state index is -0.809. The van der Waals surface area contributed by atoms with Crippen molar-refractivity contribution in [1.82, 2.24) is 0 Å². The van der Waals surface area contributed by atoms with Gasteiger partial charge in [0.15, 0.2) is 6.10 Å². The van der Waals surface area contributed by atoms with Crippen LogP contribution in [0.4, 0.5) is 0 Å². The van der Waals surface area contributed by atoms with Crippen LogP contribution in [0.5, 0.6) is 0 Å². The lowest BCUT2D eigenvalue weighted by Gasteiger charge is -2.18. The Morgan fingerprint density at radius 2 is 0.789 bits per heavy atom. The summed E-state index contributed by atoms with van der Waals surface area (Å²) < 4.78 is 16.7. The summed E-state index contributed by atoms with van der Waals surface area (Å²) in [5.74, 6) is -0.992. The Hall–Kier alpha value is -2.89. The second kappa shape index (κ2) is 45.8. The van der Waals surface area contributed by atoms with Gasteiger partial charge in [-0.3, -0.25) is 14.4 Å². The lowest BCUT2D eigenvalue weighted by Crippen LogP contribution is -2.30. The molecule has 0 aliphatic carbocycles. The van der Waals surface area contributed by atoms with E-state index in [1.165, 1.54) is 103 Å². The van der Waals surface area contributed by atoms with Crippen molar-refractivity contribution >= 4 is 17.9 Å². The lowest BCUT2D eigenvalue weighted by molar-refractivity contribution is -0.166. The van der Waals surface area contributed by atoms with E-state index in [1.807, 2.05) is 6.08 Å². The third kappa shape index (κ3) is 44.1. The molecule has 1 atom stereocenters. The maximum Gasteiger partial charge on any atom is 0.306 e. The Bertz CT molecular complexity index is 1050. The van der Waals surface area contributed by atoms with E-state index in [9.17, 15) is 14.4 Å². The van der Waals surface area contributed by atoms with E-state index in [1.54, 1.807) is 0 Å². The largest absolute Gasteiger partial charge is 0.462 e. The van der Waals surface area contributed by atoms with Crippen LogP contribution >= 0.6 is 0 Å². The molecule has 0 rings (SSSR count). The predicted molar refractivity (Wildman–Crippen MR) is 242 cm³/mol. The SMILES string of the molecule is CC/C=C/C=C/C=C/CCCCCCCC(=O)OCC(COC(=O)CCCCCCCCCCCCCCC)OC(=O)CC/C=C/C/C=C/CCCCCCCC. The Morgan fingerprint density at radius 1 is 0.386 bits per heavy atom. The minimum absolute atomic E-state index is 0.102. The summed E-state index contributed by atoms with van der Waals surface area (Å²) in [5.41, 5.74) is 0. The molecule has 0 aromatic rings. The standard InChI is InChI=1S/C51H88O6/c1-4-7-10-13-16-19-22-25-28-31-34-37-40-43-49(52)55-46-48(57-51(54)45-42-39-36-33-30-27-24-21-18-15-12-9-6-3)47-56-50(53)44-41-38-35-32-29-26-23-20-17-14-11-8-5-2/h7,10,13,16,19,22,27,30,36,39,48H,4-6,8-9,11-12,14-15,17-18,20-21,23-26,28-29,31-35,37-38,40-47H2,1-3H3/b10-7+,16-13+,22-19+,30-27+,39-36+. The van der Waals surface area contributed by atoms with Crippen molar-refractivity contribution in [3.63, 3.8) is 0 Å². The van der Waals surface area contributed by atoms with Gasteiger partial charge >= 0.3 is 17.9 Å². The first-order valence-corrected chi connectivity index (χ1v) is 23.8. The highest BCUT2D eigenvalue weighted by Crippen LogP contribution is 2.14. The van der Waals surface area contributed by atoms with Crippen LogP contribution in [0.2, 0.25) is 0 Å². The molecule has 0 heterocycles. The number of hydrogen-bond acceptors (Lipinski definition) is 6. The fourth-order valence-electron chi connectivity index (χ4n) is 6.49. The molecular weight excluding hydrogens is 709 g/mol. The van der Waals surface area contributed by atoms with Gasteiger partial charge in [0.1, 0.15) is 13.2 Å². The van der Waals surface area contributed by atoms with Gasteiger partial charge in [-0.15, -0.1) is 0 Å². The number of carbonyl (C=O) groups excluding carboxylic acids is 3. The van der Waals surface area contributed by atoms with Crippen molar-refractivity contribution in [1.29, 1.82) is 0 Å². The molecule has 0 saturated carbocycles. The Morgan fingerprint density at radius 3 is 1.26 bits per heavy atom. The number of rotatable bonds is 42. The van der Waals surface area contributed by atoms with Gasteiger partial charge in [-0.1, -0.05) is 210 Å². The molecule has 1 unspecified atom stereocenters. The van der Waals surface area contributed by atoms with E-state index in [0.29, 0.717) is 19.3 Å². The molecule has 0 fully saturated rings. The molecule has 0 N–H and O–H groups in total. The molecule has 6 nitrogen and oxygen atoms in total. The zero-order chi connectivity index (χ0) is 41.5. The van der Waals surface area contributed by atoms with Crippen LogP contribution in [0, 0.1) is 0 Å². The number of hydrogen-bond donors (Lipinski definition) is 0. The second-order valence-corrected chi connectivity index (χ2v) is 15.7. The summed E-state index contributed by atoms with van der Waals surface area (Å²) in [4.78, 5) is 37.8. The van der Waals surface area contributed by atoms with Crippen LogP contribution < -0.4 is 0 Å². The van der Waals surface area contributed by atoms with E-state index in [2.05, 4.69) is 75.5 Å². The molecule has 328 valence electrons. The first-order chi connectivity index (χ1) is 28.0. The van der Waals surface area contributed by atoms with Crippen LogP contribution in [0.15, 0.2) is 60.8 Å². The molecule has 0 spiro atoms. The van der Waals surface area contributed by atoms with Gasteiger partial charge in [-0.25, -0.2) is 0 Å². The average Bonchev–Trinajstić information content (AvgIpc) is 3.21. The maximum absolute atomic E-state index is 12.7. The quantitative estimate of drug-likeness (QED) is 0.0201. The number of allylic oxidation sites excluding steroid dienone is 10. The first-order valence-electron chi connectivity index (χ1n) is 23.8. The highest BCUT2D eigenvalue weighted by molar-refractivity contribution is 5.71. The third-order valence-corrected chi connectivity index (χ3v) is 10.1. The van der Waals surface area contributed by atoms with E-state index >= 15 is 0 Å². The van der Waals surface area contributed by atoms with Crippen LogP contribution in [0.3, 0.4) is 0 Å². The van der Waals surface area contributed by atoms with E-state index < -0.39 is 6.10 Å². The van der Waals surface area contributed by atoms with Crippen molar-refractivity contribution in [3.05, 3.63) is 60.8 Å². The van der Waals surface area contributed by atoms with E-state index in [0.717, 1.165) is 77.0 Å². The van der Waals surface area contributed by atoms with Crippen LogP contribution in [0.1, 0.15) is 226 Å². The van der Waals surface area contributed by atoms with Gasteiger partial charge < -0.3 is 14.2 Å². The summed E-state index contributed by atoms with van der Waals surface area (Å²) in [6.45, 7) is 6.42. The Balaban J connectivity index is 4.47. The van der Waals surface area contributed by atoms with E-state index in [4.69, 9.17) is 14.2 Å². The molecule has 0 saturated heterocycles. The molecule has 0 aromatic carbocycles.